The first-order valence-electron chi connectivity index (χ1n) is 9.06. The van der Waals surface area contributed by atoms with Crippen molar-refractivity contribution in [2.45, 2.75) is 96.8 Å². The first-order valence-corrected chi connectivity index (χ1v) is 9.06. The number of aliphatic hydroxyl groups excluding tert-OH is 2. The molecule has 0 fully saturated rings. The van der Waals surface area contributed by atoms with Crippen molar-refractivity contribution >= 4 is 0 Å². The third-order valence-corrected chi connectivity index (χ3v) is 4.36. The minimum atomic E-state index is 0.358. The van der Waals surface area contributed by atoms with Crippen molar-refractivity contribution in [3.63, 3.8) is 0 Å². The second-order valence-corrected chi connectivity index (χ2v) is 6.21. The van der Waals surface area contributed by atoms with Crippen molar-refractivity contribution in [2.24, 2.45) is 5.92 Å². The van der Waals surface area contributed by atoms with E-state index >= 15 is 0 Å². The van der Waals surface area contributed by atoms with Gasteiger partial charge in [-0.2, -0.15) is 0 Å². The van der Waals surface area contributed by atoms with Crippen LogP contribution in [0.15, 0.2) is 0 Å². The summed E-state index contributed by atoms with van der Waals surface area (Å²) < 4.78 is 0. The second-order valence-electron chi connectivity index (χ2n) is 6.21. The average Bonchev–Trinajstić information content (AvgIpc) is 2.48. The number of hydrogen-bond acceptors (Lipinski definition) is 2. The molecule has 0 aliphatic rings. The molecular weight excluding hydrogens is 248 g/mol. The van der Waals surface area contributed by atoms with Gasteiger partial charge in [-0.15, -0.1) is 0 Å². The quantitative estimate of drug-likeness (QED) is 0.389. The van der Waals surface area contributed by atoms with Crippen LogP contribution in [-0.4, -0.2) is 23.4 Å². The summed E-state index contributed by atoms with van der Waals surface area (Å²) in [6, 6.07) is 0. The van der Waals surface area contributed by atoms with Gasteiger partial charge in [-0.05, 0) is 18.8 Å². The minimum absolute atomic E-state index is 0.358. The lowest BCUT2D eigenvalue weighted by Gasteiger charge is -2.10. The van der Waals surface area contributed by atoms with E-state index < -0.39 is 0 Å². The minimum Gasteiger partial charge on any atom is -0.396 e. The normalized spacial score (nSPS) is 12.8. The molecule has 20 heavy (non-hydrogen) atoms. The molecule has 122 valence electrons. The van der Waals surface area contributed by atoms with E-state index in [4.69, 9.17) is 10.2 Å². The first-order chi connectivity index (χ1) is 9.85. The summed E-state index contributed by atoms with van der Waals surface area (Å²) in [5.74, 6) is 0.542. The molecule has 0 aliphatic heterocycles. The number of unbranched alkanes of at least 4 members (excludes halogenated alkanes) is 11. The van der Waals surface area contributed by atoms with Gasteiger partial charge in [0.1, 0.15) is 0 Å². The third-order valence-electron chi connectivity index (χ3n) is 4.36. The van der Waals surface area contributed by atoms with Crippen molar-refractivity contribution < 1.29 is 10.2 Å². The summed E-state index contributed by atoms with van der Waals surface area (Å²) in [5.41, 5.74) is 0. The van der Waals surface area contributed by atoms with Crippen LogP contribution in [-0.2, 0) is 0 Å². The SMILES string of the molecule is CCC(CO)CCCCCCCCCCCCCCO. The Hall–Kier alpha value is -0.0800. The van der Waals surface area contributed by atoms with Crippen LogP contribution in [0, 0.1) is 5.92 Å². The van der Waals surface area contributed by atoms with E-state index in [0.29, 0.717) is 19.1 Å². The molecule has 2 heteroatoms. The molecule has 1 atom stereocenters. The zero-order valence-corrected chi connectivity index (χ0v) is 13.8. The second kappa shape index (κ2) is 17.0. The highest BCUT2D eigenvalue weighted by atomic mass is 16.3. The largest absolute Gasteiger partial charge is 0.396 e. The van der Waals surface area contributed by atoms with E-state index in [2.05, 4.69) is 6.92 Å². The van der Waals surface area contributed by atoms with Crippen molar-refractivity contribution in [3.8, 4) is 0 Å². The van der Waals surface area contributed by atoms with E-state index in [-0.39, 0.29) is 0 Å². The van der Waals surface area contributed by atoms with Gasteiger partial charge in [0.2, 0.25) is 0 Å². The molecule has 2 nitrogen and oxygen atoms in total. The van der Waals surface area contributed by atoms with E-state index in [9.17, 15) is 0 Å². The highest BCUT2D eigenvalue weighted by molar-refractivity contribution is 4.56. The molecule has 1 unspecified atom stereocenters. The molecule has 0 aromatic heterocycles. The molecule has 0 saturated carbocycles. The maximum atomic E-state index is 9.10. The van der Waals surface area contributed by atoms with Gasteiger partial charge in [0.25, 0.3) is 0 Å². The number of aliphatic hydroxyl groups is 2. The molecular formula is C18H38O2. The standard InChI is InChI=1S/C18H38O2/c1-2-18(17-20)15-13-11-9-7-5-3-4-6-8-10-12-14-16-19/h18-20H,2-17H2,1H3. The molecule has 0 aromatic rings. The molecule has 0 radical (unpaired) electrons. The van der Waals surface area contributed by atoms with Gasteiger partial charge in [0, 0.05) is 13.2 Å². The summed E-state index contributed by atoms with van der Waals surface area (Å²) in [7, 11) is 0. The van der Waals surface area contributed by atoms with Crippen LogP contribution in [0.25, 0.3) is 0 Å². The summed E-state index contributed by atoms with van der Waals surface area (Å²) in [5, 5.41) is 17.8. The maximum absolute atomic E-state index is 9.10. The Balaban J connectivity index is 3.02. The van der Waals surface area contributed by atoms with Crippen LogP contribution in [0.2, 0.25) is 0 Å². The fourth-order valence-corrected chi connectivity index (χ4v) is 2.74. The maximum Gasteiger partial charge on any atom is 0.0459 e. The number of hydrogen-bond donors (Lipinski definition) is 2. The molecule has 0 heterocycles. The Morgan fingerprint density at radius 2 is 1.00 bits per heavy atom. The molecule has 0 saturated heterocycles. The summed E-state index contributed by atoms with van der Waals surface area (Å²) in [4.78, 5) is 0. The van der Waals surface area contributed by atoms with Gasteiger partial charge in [-0.1, -0.05) is 84.0 Å². The molecule has 0 aromatic carbocycles. The highest BCUT2D eigenvalue weighted by Crippen LogP contribution is 2.15. The topological polar surface area (TPSA) is 40.5 Å². The van der Waals surface area contributed by atoms with Crippen LogP contribution in [0.5, 0.6) is 0 Å². The number of rotatable bonds is 16. The predicted molar refractivity (Wildman–Crippen MR) is 88.0 cm³/mol. The molecule has 0 bridgehead atoms. The monoisotopic (exact) mass is 286 g/mol. The van der Waals surface area contributed by atoms with Gasteiger partial charge in [-0.3, -0.25) is 0 Å². The van der Waals surface area contributed by atoms with Crippen LogP contribution < -0.4 is 0 Å². The first kappa shape index (κ1) is 19.9. The van der Waals surface area contributed by atoms with E-state index in [1.807, 2.05) is 0 Å². The van der Waals surface area contributed by atoms with Crippen LogP contribution >= 0.6 is 0 Å². The molecule has 0 aliphatic carbocycles. The van der Waals surface area contributed by atoms with Crippen LogP contribution in [0.1, 0.15) is 96.8 Å². The lowest BCUT2D eigenvalue weighted by atomic mass is 9.98. The fraction of sp³-hybridized carbons (Fsp3) is 1.00. The van der Waals surface area contributed by atoms with E-state index in [1.165, 1.54) is 77.0 Å². The average molecular weight is 286 g/mol. The summed E-state index contributed by atoms with van der Waals surface area (Å²) in [6.07, 6.45) is 18.1. The van der Waals surface area contributed by atoms with Gasteiger partial charge >= 0.3 is 0 Å². The zero-order chi connectivity index (χ0) is 14.9. The molecule has 2 N–H and O–H groups in total. The van der Waals surface area contributed by atoms with Crippen molar-refractivity contribution in [1.82, 2.24) is 0 Å². The van der Waals surface area contributed by atoms with Crippen molar-refractivity contribution in [2.75, 3.05) is 13.2 Å². The lowest BCUT2D eigenvalue weighted by Crippen LogP contribution is -2.03. The van der Waals surface area contributed by atoms with E-state index in [0.717, 1.165) is 12.8 Å². The Kier molecular flexibility index (Phi) is 16.9. The van der Waals surface area contributed by atoms with Crippen molar-refractivity contribution in [1.29, 1.82) is 0 Å². The lowest BCUT2D eigenvalue weighted by molar-refractivity contribution is 0.211. The fourth-order valence-electron chi connectivity index (χ4n) is 2.74. The van der Waals surface area contributed by atoms with Gasteiger partial charge < -0.3 is 10.2 Å². The van der Waals surface area contributed by atoms with Crippen LogP contribution in [0.4, 0.5) is 0 Å². The Labute approximate surface area is 127 Å². The van der Waals surface area contributed by atoms with Crippen LogP contribution in [0.3, 0.4) is 0 Å². The zero-order valence-electron chi connectivity index (χ0n) is 13.8. The third kappa shape index (κ3) is 14.3. The van der Waals surface area contributed by atoms with Crippen molar-refractivity contribution in [3.05, 3.63) is 0 Å². The Morgan fingerprint density at radius 1 is 0.600 bits per heavy atom. The van der Waals surface area contributed by atoms with Gasteiger partial charge in [0.15, 0.2) is 0 Å². The predicted octanol–water partition coefficient (Wildman–Crippen LogP) is 5.07. The smallest absolute Gasteiger partial charge is 0.0459 e. The summed E-state index contributed by atoms with van der Waals surface area (Å²) >= 11 is 0. The Morgan fingerprint density at radius 3 is 1.35 bits per heavy atom. The molecule has 0 rings (SSSR count). The summed E-state index contributed by atoms with van der Waals surface area (Å²) in [6.45, 7) is 2.90. The van der Waals surface area contributed by atoms with Gasteiger partial charge in [0.05, 0.1) is 0 Å². The molecule has 0 spiro atoms. The highest BCUT2D eigenvalue weighted by Gasteiger charge is 2.03. The Bertz CT molecular complexity index is 167. The van der Waals surface area contributed by atoms with Gasteiger partial charge in [-0.25, -0.2) is 0 Å². The molecule has 0 amide bonds. The van der Waals surface area contributed by atoms with E-state index in [1.54, 1.807) is 0 Å².